The van der Waals surface area contributed by atoms with E-state index >= 15 is 0 Å². The van der Waals surface area contributed by atoms with Gasteiger partial charge in [0, 0.05) is 5.33 Å². The van der Waals surface area contributed by atoms with Crippen molar-refractivity contribution < 1.29 is 0 Å². The fourth-order valence-electron chi connectivity index (χ4n) is 1.06. The van der Waals surface area contributed by atoms with Crippen molar-refractivity contribution in [3.63, 3.8) is 0 Å². The van der Waals surface area contributed by atoms with Gasteiger partial charge in [0.1, 0.15) is 0 Å². The standard InChI is InChI=1S/C10H19Br/c1-3-4-5-7-10(2)8-6-9-11/h8H,3-7,9H2,1-2H3/b10-8+. The van der Waals surface area contributed by atoms with Gasteiger partial charge in [-0.15, -0.1) is 0 Å². The van der Waals surface area contributed by atoms with Crippen LogP contribution in [0.3, 0.4) is 0 Å². The highest BCUT2D eigenvalue weighted by Crippen LogP contribution is 2.08. The summed E-state index contributed by atoms with van der Waals surface area (Å²) in [5.41, 5.74) is 1.55. The van der Waals surface area contributed by atoms with Crippen LogP contribution in [0.4, 0.5) is 0 Å². The number of unbranched alkanes of at least 4 members (excludes halogenated alkanes) is 2. The molecule has 0 nitrogen and oxygen atoms in total. The van der Waals surface area contributed by atoms with Gasteiger partial charge in [-0.25, -0.2) is 0 Å². The predicted molar refractivity (Wildman–Crippen MR) is 56.3 cm³/mol. The molecule has 0 atom stereocenters. The molecule has 0 amide bonds. The maximum atomic E-state index is 3.42. The van der Waals surface area contributed by atoms with E-state index in [1.54, 1.807) is 5.57 Å². The molecule has 0 unspecified atom stereocenters. The van der Waals surface area contributed by atoms with E-state index in [4.69, 9.17) is 0 Å². The lowest BCUT2D eigenvalue weighted by atomic mass is 10.1. The predicted octanol–water partition coefficient (Wildman–Crippen LogP) is 4.30. The molecule has 0 aliphatic carbocycles. The Hall–Kier alpha value is 0.220. The Labute approximate surface area is 79.2 Å². The first kappa shape index (κ1) is 11.2. The zero-order valence-electron chi connectivity index (χ0n) is 7.70. The molecule has 0 bridgehead atoms. The van der Waals surface area contributed by atoms with E-state index in [1.807, 2.05) is 0 Å². The second-order valence-electron chi connectivity index (χ2n) is 2.99. The first-order valence-electron chi connectivity index (χ1n) is 4.52. The summed E-state index contributed by atoms with van der Waals surface area (Å²) in [6.45, 7) is 4.48. The van der Waals surface area contributed by atoms with Crippen molar-refractivity contribution in [2.24, 2.45) is 0 Å². The summed E-state index contributed by atoms with van der Waals surface area (Å²) in [6, 6.07) is 0. The molecule has 0 aliphatic rings. The van der Waals surface area contributed by atoms with Gasteiger partial charge in [-0.05, 0) is 26.2 Å². The smallest absolute Gasteiger partial charge is 0.00660 e. The lowest BCUT2D eigenvalue weighted by Gasteiger charge is -1.98. The quantitative estimate of drug-likeness (QED) is 0.355. The van der Waals surface area contributed by atoms with E-state index in [-0.39, 0.29) is 0 Å². The summed E-state index contributed by atoms with van der Waals surface area (Å²) >= 11 is 3.42. The SMILES string of the molecule is CCCCC/C(C)=C/CCBr. The van der Waals surface area contributed by atoms with E-state index in [0.717, 1.165) is 5.33 Å². The van der Waals surface area contributed by atoms with Gasteiger partial charge in [0.25, 0.3) is 0 Å². The number of alkyl halides is 1. The molecule has 0 N–H and O–H groups in total. The Balaban J connectivity index is 3.27. The summed E-state index contributed by atoms with van der Waals surface area (Å²) in [5, 5.41) is 1.10. The molecule has 0 heterocycles. The second kappa shape index (κ2) is 8.32. The van der Waals surface area contributed by atoms with Crippen molar-refractivity contribution in [3.8, 4) is 0 Å². The van der Waals surface area contributed by atoms with Gasteiger partial charge >= 0.3 is 0 Å². The van der Waals surface area contributed by atoms with E-state index in [2.05, 4.69) is 35.9 Å². The average Bonchev–Trinajstić information content (AvgIpc) is 2.01. The van der Waals surface area contributed by atoms with E-state index in [9.17, 15) is 0 Å². The molecule has 0 fully saturated rings. The van der Waals surface area contributed by atoms with Gasteiger partial charge in [-0.1, -0.05) is 47.3 Å². The zero-order valence-corrected chi connectivity index (χ0v) is 9.28. The maximum absolute atomic E-state index is 3.42. The molecule has 66 valence electrons. The maximum Gasteiger partial charge on any atom is 0.00660 e. The van der Waals surface area contributed by atoms with Crippen LogP contribution in [0.2, 0.25) is 0 Å². The lowest BCUT2D eigenvalue weighted by Crippen LogP contribution is -1.79. The minimum absolute atomic E-state index is 1.10. The highest BCUT2D eigenvalue weighted by atomic mass is 79.9. The molecule has 0 aromatic rings. The van der Waals surface area contributed by atoms with Gasteiger partial charge < -0.3 is 0 Å². The normalized spacial score (nSPS) is 12.1. The highest BCUT2D eigenvalue weighted by Gasteiger charge is 1.89. The highest BCUT2D eigenvalue weighted by molar-refractivity contribution is 9.09. The summed E-state index contributed by atoms with van der Waals surface area (Å²) in [4.78, 5) is 0. The molecule has 1 heteroatoms. The Kier molecular flexibility index (Phi) is 8.48. The Morgan fingerprint density at radius 1 is 1.36 bits per heavy atom. The fraction of sp³-hybridized carbons (Fsp3) is 0.800. The lowest BCUT2D eigenvalue weighted by molar-refractivity contribution is 0.712. The molecule has 0 aromatic carbocycles. The van der Waals surface area contributed by atoms with Crippen LogP contribution >= 0.6 is 15.9 Å². The molecule has 0 saturated carbocycles. The first-order chi connectivity index (χ1) is 5.31. The van der Waals surface area contributed by atoms with Gasteiger partial charge in [0.2, 0.25) is 0 Å². The van der Waals surface area contributed by atoms with Crippen LogP contribution in [0.5, 0.6) is 0 Å². The van der Waals surface area contributed by atoms with Crippen molar-refractivity contribution in [3.05, 3.63) is 11.6 Å². The first-order valence-corrected chi connectivity index (χ1v) is 5.65. The van der Waals surface area contributed by atoms with Crippen molar-refractivity contribution in [2.75, 3.05) is 5.33 Å². The molecule has 0 rings (SSSR count). The van der Waals surface area contributed by atoms with Crippen molar-refractivity contribution in [2.45, 2.75) is 46.0 Å². The summed E-state index contributed by atoms with van der Waals surface area (Å²) in [7, 11) is 0. The second-order valence-corrected chi connectivity index (χ2v) is 3.78. The molecule has 11 heavy (non-hydrogen) atoms. The summed E-state index contributed by atoms with van der Waals surface area (Å²) in [6.07, 6.45) is 8.87. The number of hydrogen-bond acceptors (Lipinski definition) is 0. The summed E-state index contributed by atoms with van der Waals surface area (Å²) < 4.78 is 0. The number of allylic oxidation sites excluding steroid dienone is 2. The van der Waals surface area contributed by atoms with E-state index < -0.39 is 0 Å². The number of rotatable bonds is 6. The molecular formula is C10H19Br. The van der Waals surface area contributed by atoms with E-state index in [0.29, 0.717) is 0 Å². The minimum atomic E-state index is 1.10. The Morgan fingerprint density at radius 3 is 2.64 bits per heavy atom. The van der Waals surface area contributed by atoms with Gasteiger partial charge in [-0.3, -0.25) is 0 Å². The third kappa shape index (κ3) is 8.12. The summed E-state index contributed by atoms with van der Waals surface area (Å²) in [5.74, 6) is 0. The van der Waals surface area contributed by atoms with Crippen molar-refractivity contribution in [1.29, 1.82) is 0 Å². The Bertz CT molecular complexity index is 105. The molecule has 0 saturated heterocycles. The Morgan fingerprint density at radius 2 is 2.09 bits per heavy atom. The average molecular weight is 219 g/mol. The fourth-order valence-corrected chi connectivity index (χ4v) is 1.29. The van der Waals surface area contributed by atoms with Crippen LogP contribution in [0.25, 0.3) is 0 Å². The molecule has 0 aromatic heterocycles. The van der Waals surface area contributed by atoms with Crippen LogP contribution in [-0.2, 0) is 0 Å². The van der Waals surface area contributed by atoms with Gasteiger partial charge in [0.05, 0.1) is 0 Å². The monoisotopic (exact) mass is 218 g/mol. The van der Waals surface area contributed by atoms with Crippen LogP contribution in [0.1, 0.15) is 46.0 Å². The van der Waals surface area contributed by atoms with E-state index in [1.165, 1.54) is 32.1 Å². The number of hydrogen-bond donors (Lipinski definition) is 0. The van der Waals surface area contributed by atoms with Crippen LogP contribution in [0.15, 0.2) is 11.6 Å². The van der Waals surface area contributed by atoms with Crippen LogP contribution in [-0.4, -0.2) is 5.33 Å². The third-order valence-corrected chi connectivity index (χ3v) is 2.23. The molecule has 0 spiro atoms. The van der Waals surface area contributed by atoms with Crippen molar-refractivity contribution in [1.82, 2.24) is 0 Å². The van der Waals surface area contributed by atoms with Crippen LogP contribution < -0.4 is 0 Å². The zero-order chi connectivity index (χ0) is 8.53. The number of halogens is 1. The van der Waals surface area contributed by atoms with Gasteiger partial charge in [0.15, 0.2) is 0 Å². The molecule has 0 radical (unpaired) electrons. The minimum Gasteiger partial charge on any atom is -0.0925 e. The largest absolute Gasteiger partial charge is 0.0925 e. The molecular weight excluding hydrogens is 200 g/mol. The third-order valence-electron chi connectivity index (χ3n) is 1.78. The van der Waals surface area contributed by atoms with Crippen LogP contribution in [0, 0.1) is 0 Å². The molecule has 0 aliphatic heterocycles. The topological polar surface area (TPSA) is 0 Å². The van der Waals surface area contributed by atoms with Gasteiger partial charge in [-0.2, -0.15) is 0 Å². The van der Waals surface area contributed by atoms with Crippen molar-refractivity contribution >= 4 is 15.9 Å².